The molecule has 24 heavy (non-hydrogen) atoms. The van der Waals surface area contributed by atoms with E-state index < -0.39 is 0 Å². The van der Waals surface area contributed by atoms with E-state index in [1.165, 1.54) is 12.8 Å². The largest absolute Gasteiger partial charge is 0.493 e. The topological polar surface area (TPSA) is 52.6 Å². The van der Waals surface area contributed by atoms with Gasteiger partial charge in [0.2, 0.25) is 5.78 Å². The summed E-state index contributed by atoms with van der Waals surface area (Å²) in [5.74, 6) is 0.937. The highest BCUT2D eigenvalue weighted by Gasteiger charge is 2.68. The molecular formula is C20H28O4. The van der Waals surface area contributed by atoms with Crippen molar-refractivity contribution in [2.75, 3.05) is 7.11 Å². The lowest BCUT2D eigenvalue weighted by Crippen LogP contribution is -2.66. The van der Waals surface area contributed by atoms with Crippen molar-refractivity contribution in [1.82, 2.24) is 0 Å². The summed E-state index contributed by atoms with van der Waals surface area (Å²) in [6.45, 7) is 6.47. The van der Waals surface area contributed by atoms with Crippen LogP contribution in [0.1, 0.15) is 59.3 Å². The number of esters is 1. The van der Waals surface area contributed by atoms with Crippen LogP contribution in [0.2, 0.25) is 0 Å². The molecule has 4 heteroatoms. The third kappa shape index (κ3) is 1.80. The molecule has 4 rings (SSSR count). The van der Waals surface area contributed by atoms with Gasteiger partial charge < -0.3 is 9.47 Å². The fourth-order valence-electron chi connectivity index (χ4n) is 6.75. The van der Waals surface area contributed by atoms with E-state index in [2.05, 4.69) is 13.8 Å². The molecule has 1 heterocycles. The van der Waals surface area contributed by atoms with Crippen LogP contribution in [-0.2, 0) is 19.1 Å². The van der Waals surface area contributed by atoms with E-state index in [0.717, 1.165) is 24.8 Å². The van der Waals surface area contributed by atoms with E-state index in [1.807, 2.05) is 6.92 Å². The van der Waals surface area contributed by atoms with Gasteiger partial charge in [0.05, 0.1) is 13.5 Å². The lowest BCUT2D eigenvalue weighted by Gasteiger charge is -2.64. The second-order valence-electron chi connectivity index (χ2n) is 8.80. The van der Waals surface area contributed by atoms with Crippen molar-refractivity contribution in [2.24, 2.45) is 28.6 Å². The molecule has 0 spiro atoms. The van der Waals surface area contributed by atoms with Crippen LogP contribution in [0.4, 0.5) is 0 Å². The molecule has 132 valence electrons. The Morgan fingerprint density at radius 1 is 1.21 bits per heavy atom. The number of carbonyl (C=O) groups excluding carboxylic acids is 2. The standard InChI is InChI=1S/C20H28O4/c1-11-13-10-15(21)24-14-9-12-7-5-6-8-19(12,2)18(20(13,14)3)16(22)17(11)23-4/h12-14,18H,5-10H2,1-4H3/t12-,13-,14-,18-,19+,20+/m1/s1. The molecule has 3 fully saturated rings. The summed E-state index contributed by atoms with van der Waals surface area (Å²) in [7, 11) is 1.58. The first-order valence-corrected chi connectivity index (χ1v) is 9.32. The quantitative estimate of drug-likeness (QED) is 0.688. The van der Waals surface area contributed by atoms with Gasteiger partial charge in [-0.15, -0.1) is 0 Å². The maximum Gasteiger partial charge on any atom is 0.306 e. The maximum absolute atomic E-state index is 13.5. The Labute approximate surface area is 144 Å². The van der Waals surface area contributed by atoms with Crippen LogP contribution in [0.3, 0.4) is 0 Å². The molecule has 1 saturated heterocycles. The maximum atomic E-state index is 13.5. The summed E-state index contributed by atoms with van der Waals surface area (Å²) in [6, 6.07) is 0. The van der Waals surface area contributed by atoms with Crippen molar-refractivity contribution >= 4 is 11.8 Å². The van der Waals surface area contributed by atoms with Crippen molar-refractivity contribution < 1.29 is 19.1 Å². The normalized spacial score (nSPS) is 47.7. The van der Waals surface area contributed by atoms with Gasteiger partial charge in [0.15, 0.2) is 5.76 Å². The molecule has 0 aromatic heterocycles. The van der Waals surface area contributed by atoms with Gasteiger partial charge in [-0.3, -0.25) is 9.59 Å². The van der Waals surface area contributed by atoms with Crippen LogP contribution in [0.15, 0.2) is 11.3 Å². The molecule has 1 aliphatic heterocycles. The number of hydrogen-bond donors (Lipinski definition) is 0. The molecule has 0 unspecified atom stereocenters. The third-order valence-corrected chi connectivity index (χ3v) is 7.89. The Hall–Kier alpha value is -1.32. The summed E-state index contributed by atoms with van der Waals surface area (Å²) in [5, 5.41) is 0. The van der Waals surface area contributed by atoms with E-state index in [0.29, 0.717) is 18.1 Å². The van der Waals surface area contributed by atoms with Crippen LogP contribution in [0, 0.1) is 28.6 Å². The molecule has 4 aliphatic rings. The number of ether oxygens (including phenoxy) is 2. The number of methoxy groups -OCH3 is 1. The summed E-state index contributed by atoms with van der Waals surface area (Å²) < 4.78 is 11.4. The number of hydrogen-bond acceptors (Lipinski definition) is 4. The van der Waals surface area contributed by atoms with E-state index >= 15 is 0 Å². The second kappa shape index (κ2) is 5.09. The zero-order valence-corrected chi connectivity index (χ0v) is 15.2. The molecule has 2 saturated carbocycles. The molecule has 0 aromatic carbocycles. The Balaban J connectivity index is 1.92. The first kappa shape index (κ1) is 16.2. The summed E-state index contributed by atoms with van der Waals surface area (Å²) in [6.07, 6.45) is 5.78. The van der Waals surface area contributed by atoms with E-state index in [9.17, 15) is 9.59 Å². The number of ketones is 1. The Morgan fingerprint density at radius 3 is 2.67 bits per heavy atom. The van der Waals surface area contributed by atoms with Gasteiger partial charge >= 0.3 is 5.97 Å². The van der Waals surface area contributed by atoms with Crippen LogP contribution in [0.5, 0.6) is 0 Å². The van der Waals surface area contributed by atoms with Crippen molar-refractivity contribution in [2.45, 2.75) is 65.4 Å². The molecule has 0 N–H and O–H groups in total. The first-order chi connectivity index (χ1) is 11.3. The van der Waals surface area contributed by atoms with Crippen molar-refractivity contribution in [1.29, 1.82) is 0 Å². The van der Waals surface area contributed by atoms with Gasteiger partial charge in [-0.05, 0) is 43.1 Å². The van der Waals surface area contributed by atoms with Crippen molar-refractivity contribution in [3.63, 3.8) is 0 Å². The summed E-state index contributed by atoms with van der Waals surface area (Å²) >= 11 is 0. The minimum Gasteiger partial charge on any atom is -0.493 e. The molecule has 0 radical (unpaired) electrons. The zero-order valence-electron chi connectivity index (χ0n) is 15.2. The highest BCUT2D eigenvalue weighted by atomic mass is 16.5. The van der Waals surface area contributed by atoms with Crippen molar-refractivity contribution in [3.05, 3.63) is 11.3 Å². The van der Waals surface area contributed by atoms with Crippen LogP contribution >= 0.6 is 0 Å². The first-order valence-electron chi connectivity index (χ1n) is 9.32. The summed E-state index contributed by atoms with van der Waals surface area (Å²) in [5.41, 5.74) is 0.646. The molecular weight excluding hydrogens is 304 g/mol. The average molecular weight is 332 g/mol. The molecule has 0 bridgehead atoms. The van der Waals surface area contributed by atoms with Crippen LogP contribution < -0.4 is 0 Å². The number of fused-ring (bicyclic) bond motifs is 2. The van der Waals surface area contributed by atoms with E-state index in [4.69, 9.17) is 9.47 Å². The lowest BCUT2D eigenvalue weighted by molar-refractivity contribution is -0.218. The van der Waals surface area contributed by atoms with Gasteiger partial charge in [0, 0.05) is 17.3 Å². The SMILES string of the molecule is COC1=C(C)[C@H]2CC(=O)O[C@@H]3C[C@H]4CCCC[C@]4(C)[C@@H](C1=O)[C@@]23C. The molecule has 6 atom stereocenters. The van der Waals surface area contributed by atoms with E-state index in [1.54, 1.807) is 7.11 Å². The third-order valence-electron chi connectivity index (χ3n) is 7.89. The Kier molecular flexibility index (Phi) is 3.43. The van der Waals surface area contributed by atoms with Crippen LogP contribution in [0.25, 0.3) is 0 Å². The number of allylic oxidation sites excluding steroid dienone is 2. The van der Waals surface area contributed by atoms with Gasteiger partial charge in [-0.1, -0.05) is 26.7 Å². The smallest absolute Gasteiger partial charge is 0.306 e. The summed E-state index contributed by atoms with van der Waals surface area (Å²) in [4.78, 5) is 25.7. The number of carbonyl (C=O) groups is 2. The molecule has 0 aromatic rings. The minimum absolute atomic E-state index is 0.00688. The fourth-order valence-corrected chi connectivity index (χ4v) is 6.75. The predicted octanol–water partition coefficient (Wildman–Crippen LogP) is 3.64. The molecule has 3 aliphatic carbocycles. The Morgan fingerprint density at radius 2 is 1.96 bits per heavy atom. The molecule has 4 nitrogen and oxygen atoms in total. The minimum atomic E-state index is -0.292. The highest BCUT2D eigenvalue weighted by molar-refractivity contribution is 5.99. The monoisotopic (exact) mass is 332 g/mol. The molecule has 0 amide bonds. The number of Topliss-reactive ketones (excluding diaryl/α,β-unsaturated/α-hetero) is 1. The predicted molar refractivity (Wildman–Crippen MR) is 89.0 cm³/mol. The number of rotatable bonds is 1. The van der Waals surface area contributed by atoms with E-state index in [-0.39, 0.29) is 40.5 Å². The van der Waals surface area contributed by atoms with Gasteiger partial charge in [0.1, 0.15) is 6.10 Å². The zero-order chi connectivity index (χ0) is 17.3. The van der Waals surface area contributed by atoms with Gasteiger partial charge in [-0.2, -0.15) is 0 Å². The van der Waals surface area contributed by atoms with Gasteiger partial charge in [0.25, 0.3) is 0 Å². The average Bonchev–Trinajstić information content (AvgIpc) is 2.52. The van der Waals surface area contributed by atoms with Crippen molar-refractivity contribution in [3.8, 4) is 0 Å². The second-order valence-corrected chi connectivity index (χ2v) is 8.80. The Bertz CT molecular complexity index is 636. The fraction of sp³-hybridized carbons (Fsp3) is 0.800. The van der Waals surface area contributed by atoms with Gasteiger partial charge in [-0.25, -0.2) is 0 Å². The van der Waals surface area contributed by atoms with Crippen LogP contribution in [-0.4, -0.2) is 25.0 Å². The highest BCUT2D eigenvalue weighted by Crippen LogP contribution is 2.67. The lowest BCUT2D eigenvalue weighted by atomic mass is 9.41.